The molecule has 0 aliphatic carbocycles. The maximum Gasteiger partial charge on any atom is 0.389 e. The standard InChI is InChI=1S/C10H14F3N3O2S/c11-10(12,13)4-1-5-16-7-2-3-9(8(14)6-7)19(15,17)18/h2-3,6,16H,1,4-5,14H2,(H2,15,17,18). The fourth-order valence-electron chi connectivity index (χ4n) is 1.44. The van der Waals surface area contributed by atoms with Gasteiger partial charge in [0.15, 0.2) is 0 Å². The molecular weight excluding hydrogens is 283 g/mol. The summed E-state index contributed by atoms with van der Waals surface area (Å²) in [5.74, 6) is 0. The predicted octanol–water partition coefficient (Wildman–Crippen LogP) is 1.67. The van der Waals surface area contributed by atoms with Crippen LogP contribution in [0.25, 0.3) is 0 Å². The predicted molar refractivity (Wildman–Crippen MR) is 66.0 cm³/mol. The van der Waals surface area contributed by atoms with Gasteiger partial charge in [0.1, 0.15) is 4.90 Å². The van der Waals surface area contributed by atoms with Crippen molar-refractivity contribution in [3.63, 3.8) is 0 Å². The molecule has 0 amide bonds. The normalized spacial score (nSPS) is 12.4. The number of nitrogens with two attached hydrogens (primary N) is 2. The van der Waals surface area contributed by atoms with Gasteiger partial charge in [-0.05, 0) is 24.6 Å². The summed E-state index contributed by atoms with van der Waals surface area (Å²) in [4.78, 5) is -0.214. The molecule has 5 nitrogen and oxygen atoms in total. The zero-order valence-corrected chi connectivity index (χ0v) is 10.7. The van der Waals surface area contributed by atoms with Crippen molar-refractivity contribution in [2.45, 2.75) is 23.9 Å². The van der Waals surface area contributed by atoms with Crippen molar-refractivity contribution >= 4 is 21.4 Å². The van der Waals surface area contributed by atoms with Gasteiger partial charge in [-0.1, -0.05) is 0 Å². The summed E-state index contributed by atoms with van der Waals surface area (Å²) >= 11 is 0. The molecule has 0 radical (unpaired) electrons. The molecule has 108 valence electrons. The lowest BCUT2D eigenvalue weighted by Gasteiger charge is -2.10. The van der Waals surface area contributed by atoms with Crippen LogP contribution in [-0.2, 0) is 10.0 Å². The fourth-order valence-corrected chi connectivity index (χ4v) is 2.08. The average Bonchev–Trinajstić information content (AvgIpc) is 2.21. The molecule has 5 N–H and O–H groups in total. The van der Waals surface area contributed by atoms with E-state index in [0.717, 1.165) is 0 Å². The molecule has 0 heterocycles. The van der Waals surface area contributed by atoms with Gasteiger partial charge in [-0.3, -0.25) is 0 Å². The minimum atomic E-state index is -4.18. The van der Waals surface area contributed by atoms with E-state index in [1.54, 1.807) is 0 Å². The van der Waals surface area contributed by atoms with Crippen LogP contribution in [-0.4, -0.2) is 21.1 Å². The van der Waals surface area contributed by atoms with Crippen LogP contribution in [0.5, 0.6) is 0 Å². The molecule has 1 aromatic carbocycles. The van der Waals surface area contributed by atoms with E-state index >= 15 is 0 Å². The molecule has 0 unspecified atom stereocenters. The number of sulfonamides is 1. The van der Waals surface area contributed by atoms with Crippen LogP contribution in [0.3, 0.4) is 0 Å². The van der Waals surface area contributed by atoms with E-state index in [1.807, 2.05) is 0 Å². The first kappa shape index (κ1) is 15.6. The lowest BCUT2D eigenvalue weighted by atomic mass is 10.2. The molecule has 0 fully saturated rings. The molecule has 1 aromatic rings. The van der Waals surface area contributed by atoms with Crippen LogP contribution in [0, 0.1) is 0 Å². The minimum absolute atomic E-state index is 0.0525. The SMILES string of the molecule is Nc1cc(NCCCC(F)(F)F)ccc1S(N)(=O)=O. The van der Waals surface area contributed by atoms with Crippen LogP contribution < -0.4 is 16.2 Å². The second-order valence-corrected chi connectivity index (χ2v) is 5.47. The summed E-state index contributed by atoms with van der Waals surface area (Å²) in [7, 11) is -3.90. The molecule has 0 saturated carbocycles. The Kier molecular flexibility index (Phi) is 4.64. The second kappa shape index (κ2) is 5.66. The summed E-state index contributed by atoms with van der Waals surface area (Å²) in [5, 5.41) is 7.65. The van der Waals surface area contributed by atoms with Gasteiger partial charge in [-0.15, -0.1) is 0 Å². The highest BCUT2D eigenvalue weighted by atomic mass is 32.2. The molecule has 19 heavy (non-hydrogen) atoms. The highest BCUT2D eigenvalue weighted by Crippen LogP contribution is 2.23. The van der Waals surface area contributed by atoms with Crippen molar-refractivity contribution in [3.05, 3.63) is 18.2 Å². The molecular formula is C10H14F3N3O2S. The first-order valence-electron chi connectivity index (χ1n) is 5.32. The lowest BCUT2D eigenvalue weighted by molar-refractivity contribution is -0.134. The highest BCUT2D eigenvalue weighted by molar-refractivity contribution is 7.89. The van der Waals surface area contributed by atoms with Crippen LogP contribution in [0.4, 0.5) is 24.5 Å². The van der Waals surface area contributed by atoms with E-state index < -0.39 is 22.6 Å². The topological polar surface area (TPSA) is 98.2 Å². The van der Waals surface area contributed by atoms with Crippen molar-refractivity contribution in [1.82, 2.24) is 0 Å². The van der Waals surface area contributed by atoms with Gasteiger partial charge in [0, 0.05) is 18.7 Å². The van der Waals surface area contributed by atoms with Gasteiger partial charge in [-0.2, -0.15) is 13.2 Å². The Hall–Kier alpha value is -1.48. The smallest absolute Gasteiger partial charge is 0.389 e. The van der Waals surface area contributed by atoms with E-state index in [9.17, 15) is 21.6 Å². The van der Waals surface area contributed by atoms with Crippen LogP contribution >= 0.6 is 0 Å². The number of alkyl halides is 3. The van der Waals surface area contributed by atoms with E-state index in [4.69, 9.17) is 10.9 Å². The molecule has 0 atom stereocenters. The van der Waals surface area contributed by atoms with Gasteiger partial charge in [0.05, 0.1) is 5.69 Å². The third kappa shape index (κ3) is 5.35. The molecule has 9 heteroatoms. The Morgan fingerprint density at radius 3 is 2.37 bits per heavy atom. The first-order chi connectivity index (χ1) is 8.59. The number of primary sulfonamides is 1. The third-order valence-electron chi connectivity index (χ3n) is 2.28. The van der Waals surface area contributed by atoms with Gasteiger partial charge < -0.3 is 11.1 Å². The summed E-state index contributed by atoms with van der Waals surface area (Å²) < 4.78 is 57.9. The van der Waals surface area contributed by atoms with E-state index in [0.29, 0.717) is 5.69 Å². The number of hydrogen-bond donors (Lipinski definition) is 3. The average molecular weight is 297 g/mol. The summed E-state index contributed by atoms with van der Waals surface area (Å²) in [6.45, 7) is 0.105. The van der Waals surface area contributed by atoms with Crippen LogP contribution in [0.1, 0.15) is 12.8 Å². The number of nitrogen functional groups attached to an aromatic ring is 1. The molecule has 0 saturated heterocycles. The number of hydrogen-bond acceptors (Lipinski definition) is 4. The Labute approximate surface area is 108 Å². The highest BCUT2D eigenvalue weighted by Gasteiger charge is 2.25. The van der Waals surface area contributed by atoms with Gasteiger partial charge in [0.25, 0.3) is 0 Å². The Morgan fingerprint density at radius 2 is 1.89 bits per heavy atom. The zero-order valence-electron chi connectivity index (χ0n) is 9.87. The maximum absolute atomic E-state index is 11.9. The van der Waals surface area contributed by atoms with E-state index in [1.165, 1.54) is 18.2 Å². The van der Waals surface area contributed by atoms with Crippen molar-refractivity contribution in [2.24, 2.45) is 5.14 Å². The van der Waals surface area contributed by atoms with Crippen LogP contribution in [0.15, 0.2) is 23.1 Å². The van der Waals surface area contributed by atoms with Gasteiger partial charge >= 0.3 is 6.18 Å². The molecule has 1 rings (SSSR count). The van der Waals surface area contributed by atoms with Gasteiger partial charge in [-0.25, -0.2) is 13.6 Å². The largest absolute Gasteiger partial charge is 0.398 e. The molecule has 0 aromatic heterocycles. The number of nitrogens with one attached hydrogen (secondary N) is 1. The first-order valence-corrected chi connectivity index (χ1v) is 6.87. The number of benzene rings is 1. The number of rotatable bonds is 5. The van der Waals surface area contributed by atoms with E-state index in [2.05, 4.69) is 5.32 Å². The second-order valence-electron chi connectivity index (χ2n) is 3.94. The lowest BCUT2D eigenvalue weighted by Crippen LogP contribution is -2.15. The van der Waals surface area contributed by atoms with Crippen LogP contribution in [0.2, 0.25) is 0 Å². The molecule has 0 bridgehead atoms. The van der Waals surface area contributed by atoms with Crippen molar-refractivity contribution in [2.75, 3.05) is 17.6 Å². The fraction of sp³-hybridized carbons (Fsp3) is 0.400. The minimum Gasteiger partial charge on any atom is -0.398 e. The maximum atomic E-state index is 11.9. The Morgan fingerprint density at radius 1 is 1.26 bits per heavy atom. The Balaban J connectivity index is 2.60. The third-order valence-corrected chi connectivity index (χ3v) is 3.27. The van der Waals surface area contributed by atoms with E-state index in [-0.39, 0.29) is 23.5 Å². The molecule has 0 spiro atoms. The Bertz CT molecular complexity index is 543. The van der Waals surface area contributed by atoms with Gasteiger partial charge in [0.2, 0.25) is 10.0 Å². The summed E-state index contributed by atoms with van der Waals surface area (Å²) in [6, 6.07) is 3.91. The number of halogens is 3. The molecule has 0 aliphatic rings. The zero-order chi connectivity index (χ0) is 14.7. The number of anilines is 2. The summed E-state index contributed by atoms with van der Waals surface area (Å²) in [5.41, 5.74) is 5.89. The molecule has 0 aliphatic heterocycles. The van der Waals surface area contributed by atoms with Crippen molar-refractivity contribution in [3.8, 4) is 0 Å². The van der Waals surface area contributed by atoms with Crippen molar-refractivity contribution in [1.29, 1.82) is 0 Å². The van der Waals surface area contributed by atoms with Crippen molar-refractivity contribution < 1.29 is 21.6 Å². The summed E-state index contributed by atoms with van der Waals surface area (Å²) in [6.07, 6.45) is -5.15. The quantitative estimate of drug-likeness (QED) is 0.568. The monoisotopic (exact) mass is 297 g/mol.